The molecule has 19 heavy (non-hydrogen) atoms. The Hall–Kier alpha value is -0.470. The predicted molar refractivity (Wildman–Crippen MR) is 74.5 cm³/mol. The Bertz CT molecular complexity index is 561. The normalized spacial score (nSPS) is 21.5. The Kier molecular flexibility index (Phi) is 4.62. The van der Waals surface area contributed by atoms with Gasteiger partial charge in [-0.15, -0.1) is 0 Å². The number of ether oxygens (including phenoxy) is 1. The van der Waals surface area contributed by atoms with Crippen LogP contribution in [0.25, 0.3) is 0 Å². The fraction of sp³-hybridized carbons (Fsp3) is 0.500. The molecule has 1 atom stereocenters. The van der Waals surface area contributed by atoms with Crippen molar-refractivity contribution >= 4 is 26.0 Å². The van der Waals surface area contributed by atoms with Crippen LogP contribution in [0.1, 0.15) is 5.56 Å². The van der Waals surface area contributed by atoms with Gasteiger partial charge in [0.1, 0.15) is 0 Å². The molecule has 0 bridgehead atoms. The van der Waals surface area contributed by atoms with Crippen LogP contribution < -0.4 is 0 Å². The van der Waals surface area contributed by atoms with Crippen molar-refractivity contribution in [1.29, 1.82) is 0 Å². The van der Waals surface area contributed by atoms with E-state index in [2.05, 4.69) is 15.9 Å². The molecule has 7 heteroatoms. The molecule has 0 amide bonds. The summed E-state index contributed by atoms with van der Waals surface area (Å²) in [6, 6.07) is 4.95. The number of sulfonamides is 1. The van der Waals surface area contributed by atoms with Gasteiger partial charge in [-0.1, -0.05) is 15.9 Å². The highest BCUT2D eigenvalue weighted by atomic mass is 79.9. The second-order valence-corrected chi connectivity index (χ2v) is 7.24. The molecule has 1 aromatic rings. The number of hydrogen-bond acceptors (Lipinski definition) is 4. The Morgan fingerprint density at radius 1 is 1.53 bits per heavy atom. The zero-order chi connectivity index (χ0) is 14.0. The fourth-order valence-electron chi connectivity index (χ4n) is 1.95. The highest BCUT2D eigenvalue weighted by Gasteiger charge is 2.30. The third kappa shape index (κ3) is 3.17. The number of halogens is 1. The number of nitrogens with zero attached hydrogens (tertiary/aromatic N) is 1. The number of aryl methyl sites for hydroxylation is 1. The lowest BCUT2D eigenvalue weighted by molar-refractivity contribution is -0.0304. The van der Waals surface area contributed by atoms with Gasteiger partial charge in [-0.3, -0.25) is 0 Å². The van der Waals surface area contributed by atoms with Crippen molar-refractivity contribution in [3.63, 3.8) is 0 Å². The van der Waals surface area contributed by atoms with Gasteiger partial charge in [0.15, 0.2) is 0 Å². The third-order valence-corrected chi connectivity index (χ3v) is 5.82. The smallest absolute Gasteiger partial charge is 0.243 e. The van der Waals surface area contributed by atoms with Crippen molar-refractivity contribution in [2.24, 2.45) is 0 Å². The minimum absolute atomic E-state index is 0.175. The maximum absolute atomic E-state index is 12.5. The summed E-state index contributed by atoms with van der Waals surface area (Å²) in [5.74, 6) is 0. The van der Waals surface area contributed by atoms with E-state index in [-0.39, 0.29) is 18.0 Å². The average molecular weight is 350 g/mol. The topological polar surface area (TPSA) is 66.8 Å². The Morgan fingerprint density at radius 2 is 2.26 bits per heavy atom. The van der Waals surface area contributed by atoms with Crippen LogP contribution >= 0.6 is 15.9 Å². The molecule has 2 rings (SSSR count). The molecule has 0 radical (unpaired) electrons. The molecule has 1 saturated heterocycles. The van der Waals surface area contributed by atoms with E-state index < -0.39 is 16.1 Å². The van der Waals surface area contributed by atoms with Crippen molar-refractivity contribution in [3.05, 3.63) is 28.2 Å². The second kappa shape index (κ2) is 5.88. The van der Waals surface area contributed by atoms with Crippen molar-refractivity contribution in [1.82, 2.24) is 4.31 Å². The molecule has 1 aromatic carbocycles. The summed E-state index contributed by atoms with van der Waals surface area (Å²) in [4.78, 5) is 0.270. The quantitative estimate of drug-likeness (QED) is 0.888. The number of hydrogen-bond donors (Lipinski definition) is 1. The van der Waals surface area contributed by atoms with E-state index in [0.29, 0.717) is 13.2 Å². The van der Waals surface area contributed by atoms with Crippen molar-refractivity contribution in [2.45, 2.75) is 17.9 Å². The van der Waals surface area contributed by atoms with Gasteiger partial charge in [-0.2, -0.15) is 4.31 Å². The van der Waals surface area contributed by atoms with Gasteiger partial charge in [-0.25, -0.2) is 8.42 Å². The fourth-order valence-corrected chi connectivity index (χ4v) is 3.74. The standard InChI is InChI=1S/C12H16BrNO4S/c1-9-6-11(2-3-12(9)13)19(16,17)14-4-5-18-10(7-14)8-15/h2-3,6,10,15H,4-5,7-8H2,1H3. The lowest BCUT2D eigenvalue weighted by Crippen LogP contribution is -2.46. The first kappa shape index (κ1) is 14.9. The summed E-state index contributed by atoms with van der Waals surface area (Å²) < 4.78 is 32.5. The minimum Gasteiger partial charge on any atom is -0.394 e. The third-order valence-electron chi connectivity index (χ3n) is 3.07. The summed E-state index contributed by atoms with van der Waals surface area (Å²) >= 11 is 3.35. The summed E-state index contributed by atoms with van der Waals surface area (Å²) in [5.41, 5.74) is 0.869. The SMILES string of the molecule is Cc1cc(S(=O)(=O)N2CCOC(CO)C2)ccc1Br. The summed E-state index contributed by atoms with van der Waals surface area (Å²) in [5, 5.41) is 9.07. The van der Waals surface area contributed by atoms with E-state index in [1.807, 2.05) is 6.92 Å². The molecular weight excluding hydrogens is 334 g/mol. The van der Waals surface area contributed by atoms with Crippen LogP contribution in [-0.4, -0.2) is 50.2 Å². The lowest BCUT2D eigenvalue weighted by atomic mass is 10.2. The van der Waals surface area contributed by atoms with E-state index in [1.54, 1.807) is 18.2 Å². The molecule has 1 N–H and O–H groups in total. The molecule has 0 aromatic heterocycles. The lowest BCUT2D eigenvalue weighted by Gasteiger charge is -2.31. The zero-order valence-electron chi connectivity index (χ0n) is 10.5. The summed E-state index contributed by atoms with van der Waals surface area (Å²) in [7, 11) is -3.52. The van der Waals surface area contributed by atoms with Gasteiger partial charge in [-0.05, 0) is 30.7 Å². The number of morpholine rings is 1. The van der Waals surface area contributed by atoms with Crippen LogP contribution in [0, 0.1) is 6.92 Å². The molecule has 5 nitrogen and oxygen atoms in total. The van der Waals surface area contributed by atoms with Gasteiger partial charge in [0.05, 0.1) is 24.2 Å². The highest BCUT2D eigenvalue weighted by molar-refractivity contribution is 9.10. The molecular formula is C12H16BrNO4S. The first-order chi connectivity index (χ1) is 8.95. The van der Waals surface area contributed by atoms with Crippen LogP contribution in [0.4, 0.5) is 0 Å². The van der Waals surface area contributed by atoms with Crippen molar-refractivity contribution in [3.8, 4) is 0 Å². The van der Waals surface area contributed by atoms with E-state index in [0.717, 1.165) is 10.0 Å². The molecule has 1 unspecified atom stereocenters. The number of rotatable bonds is 3. The van der Waals surface area contributed by atoms with Gasteiger partial charge < -0.3 is 9.84 Å². The van der Waals surface area contributed by atoms with E-state index >= 15 is 0 Å². The summed E-state index contributed by atoms with van der Waals surface area (Å²) in [6.45, 7) is 2.48. The van der Waals surface area contributed by atoms with E-state index in [4.69, 9.17) is 9.84 Å². The van der Waals surface area contributed by atoms with E-state index in [1.165, 1.54) is 4.31 Å². The van der Waals surface area contributed by atoms with Crippen molar-refractivity contribution in [2.75, 3.05) is 26.3 Å². The first-order valence-corrected chi connectivity index (χ1v) is 8.17. The minimum atomic E-state index is -3.52. The predicted octanol–water partition coefficient (Wildman–Crippen LogP) is 1.14. The van der Waals surface area contributed by atoms with Gasteiger partial charge in [0, 0.05) is 17.6 Å². The molecule has 1 aliphatic heterocycles. The Morgan fingerprint density at radius 3 is 2.89 bits per heavy atom. The van der Waals surface area contributed by atoms with Crippen LogP contribution in [0.3, 0.4) is 0 Å². The first-order valence-electron chi connectivity index (χ1n) is 5.94. The maximum Gasteiger partial charge on any atom is 0.243 e. The molecule has 106 valence electrons. The van der Waals surface area contributed by atoms with Crippen LogP contribution in [0.15, 0.2) is 27.6 Å². The number of aliphatic hydroxyl groups excluding tert-OH is 1. The highest BCUT2D eigenvalue weighted by Crippen LogP contribution is 2.23. The number of aliphatic hydroxyl groups is 1. The molecule has 1 heterocycles. The zero-order valence-corrected chi connectivity index (χ0v) is 12.9. The Balaban J connectivity index is 2.28. The molecule has 1 aliphatic rings. The number of benzene rings is 1. The van der Waals surface area contributed by atoms with Crippen LogP contribution in [0.5, 0.6) is 0 Å². The monoisotopic (exact) mass is 349 g/mol. The summed E-state index contributed by atoms with van der Waals surface area (Å²) in [6.07, 6.45) is -0.444. The Labute approximate surface area is 121 Å². The van der Waals surface area contributed by atoms with Crippen LogP contribution in [0.2, 0.25) is 0 Å². The average Bonchev–Trinajstić information content (AvgIpc) is 2.41. The van der Waals surface area contributed by atoms with Crippen LogP contribution in [-0.2, 0) is 14.8 Å². The molecule has 1 fully saturated rings. The largest absolute Gasteiger partial charge is 0.394 e. The van der Waals surface area contributed by atoms with E-state index in [9.17, 15) is 8.42 Å². The maximum atomic E-state index is 12.5. The van der Waals surface area contributed by atoms with Gasteiger partial charge in [0.2, 0.25) is 10.0 Å². The second-order valence-electron chi connectivity index (χ2n) is 4.45. The molecule has 0 saturated carbocycles. The van der Waals surface area contributed by atoms with Crippen molar-refractivity contribution < 1.29 is 18.3 Å². The van der Waals surface area contributed by atoms with Gasteiger partial charge >= 0.3 is 0 Å². The molecule has 0 spiro atoms. The van der Waals surface area contributed by atoms with Gasteiger partial charge in [0.25, 0.3) is 0 Å². The molecule has 0 aliphatic carbocycles.